The highest BCUT2D eigenvalue weighted by Crippen LogP contribution is 2.39. The molecule has 1 aromatic heterocycles. The summed E-state index contributed by atoms with van der Waals surface area (Å²) in [6.45, 7) is 10.8. The molecule has 2 rings (SSSR count). The number of carbonyl (C=O) groups excluding carboxylic acids is 1. The fraction of sp³-hybridized carbons (Fsp3) is 0.737. The lowest BCUT2D eigenvalue weighted by Gasteiger charge is -2.37. The van der Waals surface area contributed by atoms with Gasteiger partial charge in [0.15, 0.2) is 11.6 Å². The van der Waals surface area contributed by atoms with E-state index in [4.69, 9.17) is 4.74 Å². The molecule has 134 valence electrons. The Morgan fingerprint density at radius 1 is 1.25 bits per heavy atom. The molecular formula is C19H31N3O2. The van der Waals surface area contributed by atoms with Gasteiger partial charge in [0.05, 0.1) is 5.69 Å². The van der Waals surface area contributed by atoms with E-state index in [1.54, 1.807) is 0 Å². The SMILES string of the molecule is CCCC(=O)Oc1c(C)ncnc1N[C@H]1CC[C@@H](C(C)(C)C)CC1. The van der Waals surface area contributed by atoms with Crippen LogP contribution in [0.3, 0.4) is 0 Å². The summed E-state index contributed by atoms with van der Waals surface area (Å²) in [7, 11) is 0. The zero-order chi connectivity index (χ0) is 17.7. The van der Waals surface area contributed by atoms with Crippen LogP contribution >= 0.6 is 0 Å². The van der Waals surface area contributed by atoms with Crippen molar-refractivity contribution in [3.05, 3.63) is 12.0 Å². The molecule has 0 spiro atoms. The molecule has 1 saturated carbocycles. The van der Waals surface area contributed by atoms with Crippen LogP contribution in [-0.4, -0.2) is 22.0 Å². The van der Waals surface area contributed by atoms with E-state index in [1.807, 2.05) is 13.8 Å². The monoisotopic (exact) mass is 333 g/mol. The summed E-state index contributed by atoms with van der Waals surface area (Å²) in [6.07, 6.45) is 7.37. The van der Waals surface area contributed by atoms with E-state index in [9.17, 15) is 4.79 Å². The first kappa shape index (κ1) is 18.7. The molecule has 1 aliphatic rings. The van der Waals surface area contributed by atoms with Gasteiger partial charge in [-0.05, 0) is 50.4 Å². The second kappa shape index (κ2) is 7.95. The van der Waals surface area contributed by atoms with Gasteiger partial charge in [0.1, 0.15) is 6.33 Å². The third-order valence-corrected chi connectivity index (χ3v) is 4.94. The normalized spacial score (nSPS) is 21.4. The number of hydrogen-bond donors (Lipinski definition) is 1. The molecule has 0 saturated heterocycles. The lowest BCUT2D eigenvalue weighted by molar-refractivity contribution is -0.134. The maximum Gasteiger partial charge on any atom is 0.311 e. The van der Waals surface area contributed by atoms with Crippen LogP contribution in [0.5, 0.6) is 5.75 Å². The number of nitrogens with one attached hydrogen (secondary N) is 1. The van der Waals surface area contributed by atoms with Gasteiger partial charge in [-0.25, -0.2) is 9.97 Å². The van der Waals surface area contributed by atoms with Crippen molar-refractivity contribution < 1.29 is 9.53 Å². The molecular weight excluding hydrogens is 302 g/mol. The van der Waals surface area contributed by atoms with Crippen LogP contribution in [0.1, 0.15) is 71.9 Å². The first-order valence-corrected chi connectivity index (χ1v) is 9.10. The fourth-order valence-electron chi connectivity index (χ4n) is 3.35. The second-order valence-corrected chi connectivity index (χ2v) is 7.92. The lowest BCUT2D eigenvalue weighted by atomic mass is 9.71. The third kappa shape index (κ3) is 4.92. The van der Waals surface area contributed by atoms with Crippen molar-refractivity contribution in [3.8, 4) is 5.75 Å². The van der Waals surface area contributed by atoms with Crippen LogP contribution in [0.4, 0.5) is 5.82 Å². The second-order valence-electron chi connectivity index (χ2n) is 7.92. The van der Waals surface area contributed by atoms with Gasteiger partial charge in [-0.1, -0.05) is 27.7 Å². The van der Waals surface area contributed by atoms with E-state index >= 15 is 0 Å². The predicted molar refractivity (Wildman–Crippen MR) is 96.1 cm³/mol. The maximum absolute atomic E-state index is 11.9. The van der Waals surface area contributed by atoms with Crippen molar-refractivity contribution in [1.29, 1.82) is 0 Å². The van der Waals surface area contributed by atoms with Crippen LogP contribution in [0, 0.1) is 18.3 Å². The van der Waals surface area contributed by atoms with Gasteiger partial charge in [0.2, 0.25) is 0 Å². The zero-order valence-corrected chi connectivity index (χ0v) is 15.7. The number of hydrogen-bond acceptors (Lipinski definition) is 5. The fourth-order valence-corrected chi connectivity index (χ4v) is 3.35. The highest BCUT2D eigenvalue weighted by atomic mass is 16.5. The average molecular weight is 333 g/mol. The molecule has 0 atom stereocenters. The minimum atomic E-state index is -0.227. The summed E-state index contributed by atoms with van der Waals surface area (Å²) in [5.74, 6) is 1.67. The Kier molecular flexibility index (Phi) is 6.19. The van der Waals surface area contributed by atoms with E-state index in [-0.39, 0.29) is 5.97 Å². The van der Waals surface area contributed by atoms with Crippen molar-refractivity contribution in [3.63, 3.8) is 0 Å². The molecule has 24 heavy (non-hydrogen) atoms. The van der Waals surface area contributed by atoms with Gasteiger partial charge in [-0.15, -0.1) is 0 Å². The van der Waals surface area contributed by atoms with Gasteiger partial charge in [0, 0.05) is 12.5 Å². The summed E-state index contributed by atoms with van der Waals surface area (Å²) in [4.78, 5) is 20.3. The van der Waals surface area contributed by atoms with Crippen molar-refractivity contribution in [2.45, 2.75) is 79.2 Å². The molecule has 0 aromatic carbocycles. The van der Waals surface area contributed by atoms with Gasteiger partial charge in [-0.2, -0.15) is 0 Å². The Labute approximate surface area is 145 Å². The Morgan fingerprint density at radius 2 is 1.92 bits per heavy atom. The van der Waals surface area contributed by atoms with Gasteiger partial charge < -0.3 is 10.1 Å². The number of carbonyl (C=O) groups is 1. The number of rotatable bonds is 5. The predicted octanol–water partition coefficient (Wildman–Crippen LogP) is 4.51. The number of anilines is 1. The van der Waals surface area contributed by atoms with Crippen molar-refractivity contribution in [2.75, 3.05) is 5.32 Å². The Balaban J connectivity index is 2.03. The molecule has 5 nitrogen and oxygen atoms in total. The molecule has 1 N–H and O–H groups in total. The lowest BCUT2D eigenvalue weighted by Crippen LogP contribution is -2.32. The molecule has 0 radical (unpaired) electrons. The standard InChI is InChI=1S/C19H31N3O2/c1-6-7-16(23)24-17-13(2)20-12-21-18(17)22-15-10-8-14(9-11-15)19(3,4)5/h12,14-15H,6-11H2,1-5H3,(H,20,21,22)/t14-,15+. The zero-order valence-electron chi connectivity index (χ0n) is 15.7. The maximum atomic E-state index is 11.9. The van der Waals surface area contributed by atoms with Crippen molar-refractivity contribution >= 4 is 11.8 Å². The molecule has 1 fully saturated rings. The van der Waals surface area contributed by atoms with Crippen LogP contribution in [-0.2, 0) is 4.79 Å². The summed E-state index contributed by atoms with van der Waals surface area (Å²) >= 11 is 0. The summed E-state index contributed by atoms with van der Waals surface area (Å²) < 4.78 is 5.51. The van der Waals surface area contributed by atoms with Gasteiger partial charge in [-0.3, -0.25) is 4.79 Å². The van der Waals surface area contributed by atoms with E-state index < -0.39 is 0 Å². The molecule has 0 amide bonds. The van der Waals surface area contributed by atoms with Gasteiger partial charge in [0.25, 0.3) is 0 Å². The van der Waals surface area contributed by atoms with Crippen LogP contribution in [0.2, 0.25) is 0 Å². The molecule has 5 heteroatoms. The molecule has 0 bridgehead atoms. The summed E-state index contributed by atoms with van der Waals surface area (Å²) in [5.41, 5.74) is 1.07. The number of nitrogens with zero attached hydrogens (tertiary/aromatic N) is 2. The Hall–Kier alpha value is -1.65. The average Bonchev–Trinajstić information content (AvgIpc) is 2.51. The highest BCUT2D eigenvalue weighted by Gasteiger charge is 2.30. The molecule has 0 aliphatic heterocycles. The van der Waals surface area contributed by atoms with Gasteiger partial charge >= 0.3 is 5.97 Å². The minimum Gasteiger partial charge on any atom is -0.421 e. The molecule has 1 aliphatic carbocycles. The first-order chi connectivity index (χ1) is 11.3. The number of aromatic nitrogens is 2. The molecule has 1 heterocycles. The van der Waals surface area contributed by atoms with Crippen LogP contribution in [0.25, 0.3) is 0 Å². The minimum absolute atomic E-state index is 0.227. The molecule has 0 unspecified atom stereocenters. The molecule has 1 aromatic rings. The summed E-state index contributed by atoms with van der Waals surface area (Å²) in [5, 5.41) is 3.48. The van der Waals surface area contributed by atoms with E-state index in [1.165, 1.54) is 19.2 Å². The highest BCUT2D eigenvalue weighted by molar-refractivity contribution is 5.74. The van der Waals surface area contributed by atoms with E-state index in [2.05, 4.69) is 36.1 Å². The van der Waals surface area contributed by atoms with Crippen LogP contribution in [0.15, 0.2) is 6.33 Å². The van der Waals surface area contributed by atoms with E-state index in [0.29, 0.717) is 35.1 Å². The largest absolute Gasteiger partial charge is 0.421 e. The Bertz CT molecular complexity index is 558. The van der Waals surface area contributed by atoms with Crippen molar-refractivity contribution in [2.24, 2.45) is 11.3 Å². The van der Waals surface area contributed by atoms with Crippen molar-refractivity contribution in [1.82, 2.24) is 9.97 Å². The van der Waals surface area contributed by atoms with Crippen LogP contribution < -0.4 is 10.1 Å². The number of esters is 1. The third-order valence-electron chi connectivity index (χ3n) is 4.94. The number of aryl methyl sites for hydroxylation is 1. The smallest absolute Gasteiger partial charge is 0.311 e. The first-order valence-electron chi connectivity index (χ1n) is 9.10. The Morgan fingerprint density at radius 3 is 2.50 bits per heavy atom. The number of ether oxygens (including phenoxy) is 1. The quantitative estimate of drug-likeness (QED) is 0.803. The summed E-state index contributed by atoms with van der Waals surface area (Å²) in [6, 6.07) is 0.376. The van der Waals surface area contributed by atoms with E-state index in [0.717, 1.165) is 25.2 Å². The topological polar surface area (TPSA) is 64.1 Å².